The Labute approximate surface area is 191 Å². The second kappa shape index (κ2) is 8.37. The molecule has 0 atom stereocenters. The predicted molar refractivity (Wildman–Crippen MR) is 122 cm³/mol. The largest absolute Gasteiger partial charge is 0.408 e. The minimum Gasteiger partial charge on any atom is -0.408 e. The van der Waals surface area contributed by atoms with Crippen molar-refractivity contribution in [1.29, 1.82) is 0 Å². The van der Waals surface area contributed by atoms with E-state index in [2.05, 4.69) is 26.2 Å². The van der Waals surface area contributed by atoms with E-state index >= 15 is 4.39 Å². The van der Waals surface area contributed by atoms with Crippen LogP contribution in [0.3, 0.4) is 0 Å². The molecule has 1 amide bonds. The van der Waals surface area contributed by atoms with Crippen LogP contribution in [0.15, 0.2) is 35.1 Å². The number of aliphatic hydroxyl groups is 1. The van der Waals surface area contributed by atoms with Crippen molar-refractivity contribution in [2.75, 3.05) is 5.32 Å². The molecule has 3 rings (SSSR count). The van der Waals surface area contributed by atoms with Gasteiger partial charge in [0.05, 0.1) is 23.1 Å². The standard InChI is InChI=1S/C18H14B4BrFN4O3/c1-8-5-9(23)3-4-11(8)26-14-10(6-12-15(13(14)24)25-7-28(12)2)16(29)27-31-18(21,22)17(19,20)30/h3-7,26,30H,1-2H3,(H,27,29). The number of carbonyl (C=O) groups excluding carboxylic acids is 1. The van der Waals surface area contributed by atoms with Crippen molar-refractivity contribution in [2.24, 2.45) is 7.05 Å². The number of aromatic nitrogens is 2. The quantitative estimate of drug-likeness (QED) is 0.367. The van der Waals surface area contributed by atoms with Crippen molar-refractivity contribution in [2.45, 2.75) is 17.7 Å². The fourth-order valence-corrected chi connectivity index (χ4v) is 3.17. The van der Waals surface area contributed by atoms with Crippen LogP contribution in [0.5, 0.6) is 0 Å². The number of nitrogens with zero attached hydrogens (tertiary/aromatic N) is 2. The molecule has 0 saturated heterocycles. The van der Waals surface area contributed by atoms with Crippen molar-refractivity contribution in [3.63, 3.8) is 0 Å². The molecule has 0 saturated carbocycles. The Kier molecular flexibility index (Phi) is 6.32. The molecule has 150 valence electrons. The fraction of sp³-hybridized carbons (Fsp3) is 0.222. The summed E-state index contributed by atoms with van der Waals surface area (Å²) >= 11 is 3.36. The molecule has 0 spiro atoms. The third-order valence-electron chi connectivity index (χ3n) is 4.59. The third kappa shape index (κ3) is 4.68. The van der Waals surface area contributed by atoms with Crippen LogP contribution < -0.4 is 10.8 Å². The summed E-state index contributed by atoms with van der Waals surface area (Å²) in [4.78, 5) is 21.7. The van der Waals surface area contributed by atoms with E-state index in [9.17, 15) is 9.90 Å². The summed E-state index contributed by atoms with van der Waals surface area (Å²) in [5, 5.41) is 7.28. The minimum absolute atomic E-state index is 0.0579. The number of benzene rings is 2. The number of amides is 1. The maximum Gasteiger partial charge on any atom is 0.277 e. The van der Waals surface area contributed by atoms with Crippen molar-refractivity contribution >= 4 is 75.6 Å². The summed E-state index contributed by atoms with van der Waals surface area (Å²) < 4.78 is 17.7. The number of imidazole rings is 1. The first-order valence-corrected chi connectivity index (χ1v) is 9.64. The van der Waals surface area contributed by atoms with E-state index in [1.165, 1.54) is 12.4 Å². The van der Waals surface area contributed by atoms with Gasteiger partial charge in [0.2, 0.25) is 0 Å². The van der Waals surface area contributed by atoms with Crippen molar-refractivity contribution < 1.29 is 19.1 Å². The van der Waals surface area contributed by atoms with Gasteiger partial charge in [-0.25, -0.2) is 14.9 Å². The van der Waals surface area contributed by atoms with Gasteiger partial charge in [0.25, 0.3) is 5.91 Å². The van der Waals surface area contributed by atoms with E-state index in [1.54, 1.807) is 23.7 Å². The predicted octanol–water partition coefficient (Wildman–Crippen LogP) is 1.16. The van der Waals surface area contributed by atoms with E-state index in [1.807, 2.05) is 18.5 Å². The summed E-state index contributed by atoms with van der Waals surface area (Å²) in [6, 6.07) is 6.71. The lowest BCUT2D eigenvalue weighted by Gasteiger charge is -2.38. The van der Waals surface area contributed by atoms with Gasteiger partial charge in [0.1, 0.15) is 36.9 Å². The molecule has 8 radical (unpaired) electrons. The molecule has 0 unspecified atom stereocenters. The van der Waals surface area contributed by atoms with Crippen LogP contribution in [-0.2, 0) is 11.9 Å². The average molecular weight is 476 g/mol. The molecular weight excluding hydrogens is 462 g/mol. The van der Waals surface area contributed by atoms with E-state index < -0.39 is 22.5 Å². The Balaban J connectivity index is 2.05. The fourth-order valence-electron chi connectivity index (χ4n) is 2.70. The topological polar surface area (TPSA) is 88.4 Å². The molecule has 0 aliphatic rings. The summed E-state index contributed by atoms with van der Waals surface area (Å²) in [5.74, 6) is -1.68. The number of aryl methyl sites for hydroxylation is 2. The highest BCUT2D eigenvalue weighted by atomic mass is 79.9. The highest BCUT2D eigenvalue weighted by Gasteiger charge is 2.35. The molecule has 0 bridgehead atoms. The zero-order valence-electron chi connectivity index (χ0n) is 16.6. The molecule has 3 aromatic rings. The molecule has 7 nitrogen and oxygen atoms in total. The zero-order chi connectivity index (χ0) is 23.1. The normalized spacial score (nSPS) is 12.2. The number of hydrogen-bond donors (Lipinski definition) is 3. The zero-order valence-corrected chi connectivity index (χ0v) is 18.2. The van der Waals surface area contributed by atoms with E-state index in [-0.39, 0.29) is 16.8 Å². The maximum absolute atomic E-state index is 15.4. The Morgan fingerprint density at radius 3 is 2.58 bits per heavy atom. The van der Waals surface area contributed by atoms with Crippen LogP contribution in [0.4, 0.5) is 15.8 Å². The van der Waals surface area contributed by atoms with Gasteiger partial charge in [-0.3, -0.25) is 9.63 Å². The summed E-state index contributed by atoms with van der Waals surface area (Å²) in [5.41, 5.74) is 3.39. The maximum atomic E-state index is 15.4. The lowest BCUT2D eigenvalue weighted by Crippen LogP contribution is -2.60. The first-order valence-electron chi connectivity index (χ1n) is 8.84. The number of rotatable bonds is 6. The smallest absolute Gasteiger partial charge is 0.277 e. The van der Waals surface area contributed by atoms with Crippen molar-refractivity contribution in [1.82, 2.24) is 15.0 Å². The number of nitrogens with one attached hydrogen (secondary N) is 2. The molecule has 3 N–H and O–H groups in total. The van der Waals surface area contributed by atoms with Gasteiger partial charge in [0.15, 0.2) is 5.82 Å². The minimum atomic E-state index is -2.67. The lowest BCUT2D eigenvalue weighted by molar-refractivity contribution is -0.0488. The van der Waals surface area contributed by atoms with Crippen LogP contribution in [0.25, 0.3) is 11.0 Å². The first kappa shape index (κ1) is 23.4. The van der Waals surface area contributed by atoms with Crippen molar-refractivity contribution in [3.05, 3.63) is 52.0 Å². The van der Waals surface area contributed by atoms with Gasteiger partial charge in [-0.1, -0.05) is 15.9 Å². The summed E-state index contributed by atoms with van der Waals surface area (Å²) in [7, 11) is 23.0. The van der Waals surface area contributed by atoms with Crippen LogP contribution in [-0.4, -0.2) is 62.7 Å². The monoisotopic (exact) mass is 476 g/mol. The molecule has 0 aliphatic heterocycles. The van der Waals surface area contributed by atoms with Gasteiger partial charge in [-0.15, -0.1) is 0 Å². The summed E-state index contributed by atoms with van der Waals surface area (Å²) in [6.45, 7) is 1.81. The molecule has 2 aromatic carbocycles. The Hall–Kier alpha value is -2.23. The molecule has 31 heavy (non-hydrogen) atoms. The van der Waals surface area contributed by atoms with Crippen molar-refractivity contribution in [3.8, 4) is 0 Å². The summed E-state index contributed by atoms with van der Waals surface area (Å²) in [6.07, 6.45) is 1.41. The van der Waals surface area contributed by atoms with Crippen LogP contribution in [0.1, 0.15) is 15.9 Å². The van der Waals surface area contributed by atoms with Gasteiger partial charge < -0.3 is 15.0 Å². The number of halogens is 2. The highest BCUT2D eigenvalue weighted by Crippen LogP contribution is 2.32. The number of hydroxylamine groups is 1. The molecule has 0 fully saturated rings. The SMILES string of the molecule is [B]C([B])(O)C([B])([B])ONC(=O)c1cc2c(ncn2C)c(F)c1Nc1ccc(Br)cc1C. The molecule has 1 aromatic heterocycles. The Morgan fingerprint density at radius 2 is 1.97 bits per heavy atom. The van der Waals surface area contributed by atoms with E-state index in [0.717, 1.165) is 10.0 Å². The molecule has 0 aliphatic carbocycles. The van der Waals surface area contributed by atoms with Crippen LogP contribution in [0, 0.1) is 12.7 Å². The van der Waals surface area contributed by atoms with E-state index in [0.29, 0.717) is 11.2 Å². The average Bonchev–Trinajstić information content (AvgIpc) is 3.04. The number of anilines is 2. The van der Waals surface area contributed by atoms with Gasteiger partial charge >= 0.3 is 0 Å². The lowest BCUT2D eigenvalue weighted by atomic mass is 9.42. The van der Waals surface area contributed by atoms with Gasteiger partial charge in [0, 0.05) is 28.0 Å². The third-order valence-corrected chi connectivity index (χ3v) is 5.08. The van der Waals surface area contributed by atoms with Gasteiger partial charge in [-0.05, 0) is 36.8 Å². The second-order valence-corrected chi connectivity index (χ2v) is 7.99. The first-order chi connectivity index (χ1) is 14.3. The molecule has 1 heterocycles. The number of hydrogen-bond acceptors (Lipinski definition) is 5. The number of fused-ring (bicyclic) bond motifs is 1. The molecular formula is C18H14B4BrFN4O3. The Bertz CT molecular complexity index is 1170. The highest BCUT2D eigenvalue weighted by molar-refractivity contribution is 9.10. The number of carbonyl (C=O) groups is 1. The van der Waals surface area contributed by atoms with Crippen LogP contribution >= 0.6 is 15.9 Å². The van der Waals surface area contributed by atoms with E-state index in [4.69, 9.17) is 36.2 Å². The Morgan fingerprint density at radius 1 is 1.29 bits per heavy atom. The second-order valence-electron chi connectivity index (χ2n) is 7.07. The van der Waals surface area contributed by atoms with Crippen LogP contribution in [0.2, 0.25) is 0 Å². The van der Waals surface area contributed by atoms with Gasteiger partial charge in [-0.2, -0.15) is 0 Å². The molecule has 13 heteroatoms.